The Morgan fingerprint density at radius 3 is 2.32 bits per heavy atom. The van der Waals surface area contributed by atoms with Gasteiger partial charge in [-0.25, -0.2) is 12.8 Å². The molecule has 0 saturated carbocycles. The summed E-state index contributed by atoms with van der Waals surface area (Å²) in [5.74, 6) is -0.725. The molecule has 9 nitrogen and oxygen atoms in total. The molecule has 3 rings (SSSR count). The Bertz CT molecular complexity index is 1390. The van der Waals surface area contributed by atoms with Crippen LogP contribution in [-0.4, -0.2) is 54.0 Å². The predicted molar refractivity (Wildman–Crippen MR) is 139 cm³/mol. The lowest BCUT2D eigenvalue weighted by atomic mass is 9.83. The van der Waals surface area contributed by atoms with Gasteiger partial charge in [-0.2, -0.15) is 4.98 Å². The maximum Gasteiger partial charge on any atom is 0.252 e. The van der Waals surface area contributed by atoms with E-state index in [0.717, 1.165) is 10.6 Å². The summed E-state index contributed by atoms with van der Waals surface area (Å²) in [6.45, 7) is 4.65. The number of carbonyl (C=O) groups is 1. The maximum atomic E-state index is 13.3. The van der Waals surface area contributed by atoms with Gasteiger partial charge in [0.2, 0.25) is 15.7 Å². The molecule has 0 radical (unpaired) electrons. The van der Waals surface area contributed by atoms with Gasteiger partial charge >= 0.3 is 0 Å². The number of nitrogens with zero attached hydrogens (tertiary/aromatic N) is 2. The molecule has 37 heavy (non-hydrogen) atoms. The number of aryl methyl sites for hydroxylation is 1. The third-order valence-corrected chi connectivity index (χ3v) is 7.98. The second-order valence-electron chi connectivity index (χ2n) is 10.2. The van der Waals surface area contributed by atoms with Crippen LogP contribution in [-0.2, 0) is 22.9 Å². The quantitative estimate of drug-likeness (QED) is 0.319. The minimum atomic E-state index is -3.66. The number of aliphatic hydroxyl groups is 2. The zero-order valence-electron chi connectivity index (χ0n) is 21.7. The molecule has 0 aliphatic heterocycles. The number of primary amides is 1. The summed E-state index contributed by atoms with van der Waals surface area (Å²) in [6.07, 6.45) is 3.02. The van der Waals surface area contributed by atoms with Crippen molar-refractivity contribution in [2.24, 2.45) is 5.73 Å². The number of anilines is 1. The number of fused-ring (bicyclic) bond motifs is 1. The molecule has 1 amide bonds. The standard InChI is InChI=1S/C26H34FN3O6S/c1-25(2,32)26(3,33)13-7-6-8-17-15-19-21(22(28)31)20(14-16-9-11-18(27)12-10-16)36-24(19)29-23(17)30(4)37(5,34)35/h9-12,15,32-33H,6-8,13-14H2,1-5H3,(H2,28,31). The molecule has 0 spiro atoms. The second kappa shape index (κ2) is 10.4. The van der Waals surface area contributed by atoms with Gasteiger partial charge in [0.15, 0.2) is 0 Å². The normalized spacial score (nSPS) is 14.1. The number of aromatic nitrogens is 1. The van der Waals surface area contributed by atoms with Gasteiger partial charge in [-0.1, -0.05) is 18.6 Å². The van der Waals surface area contributed by atoms with Crippen molar-refractivity contribution in [3.05, 3.63) is 58.6 Å². The van der Waals surface area contributed by atoms with E-state index in [1.54, 1.807) is 25.1 Å². The lowest BCUT2D eigenvalue weighted by Gasteiger charge is -2.35. The molecule has 0 fully saturated rings. The molecule has 0 bridgehead atoms. The predicted octanol–water partition coefficient (Wildman–Crippen LogP) is 3.29. The third-order valence-electron chi connectivity index (χ3n) is 6.81. The Balaban J connectivity index is 2.02. The van der Waals surface area contributed by atoms with Crippen molar-refractivity contribution in [1.82, 2.24) is 4.98 Å². The highest BCUT2D eigenvalue weighted by atomic mass is 32.2. The highest BCUT2D eigenvalue weighted by molar-refractivity contribution is 7.92. The monoisotopic (exact) mass is 535 g/mol. The van der Waals surface area contributed by atoms with Gasteiger partial charge in [-0.15, -0.1) is 0 Å². The number of hydrogen-bond acceptors (Lipinski definition) is 7. The van der Waals surface area contributed by atoms with Crippen LogP contribution >= 0.6 is 0 Å². The van der Waals surface area contributed by atoms with Gasteiger partial charge in [0.05, 0.1) is 28.4 Å². The minimum Gasteiger partial charge on any atom is -0.441 e. The molecule has 11 heteroatoms. The Kier molecular flexibility index (Phi) is 8.02. The van der Waals surface area contributed by atoms with Crippen LogP contribution in [0.15, 0.2) is 34.7 Å². The minimum absolute atomic E-state index is 0.0603. The molecule has 1 atom stereocenters. The lowest BCUT2D eigenvalue weighted by Crippen LogP contribution is -2.47. The highest BCUT2D eigenvalue weighted by Crippen LogP contribution is 2.33. The molecule has 2 aromatic heterocycles. The zero-order valence-corrected chi connectivity index (χ0v) is 22.5. The van der Waals surface area contributed by atoms with Gasteiger partial charge in [0.1, 0.15) is 17.4 Å². The van der Waals surface area contributed by atoms with E-state index in [-0.39, 0.29) is 29.3 Å². The Morgan fingerprint density at radius 1 is 1.16 bits per heavy atom. The smallest absolute Gasteiger partial charge is 0.252 e. The summed E-state index contributed by atoms with van der Waals surface area (Å²) in [4.78, 5) is 16.9. The van der Waals surface area contributed by atoms with Crippen molar-refractivity contribution in [3.8, 4) is 0 Å². The first-order valence-electron chi connectivity index (χ1n) is 11.9. The topological polar surface area (TPSA) is 147 Å². The SMILES string of the molecule is CN(c1nc2oc(Cc3ccc(F)cc3)c(C(N)=O)c2cc1CCCCC(C)(O)C(C)(C)O)S(C)(=O)=O. The Morgan fingerprint density at radius 2 is 1.78 bits per heavy atom. The largest absolute Gasteiger partial charge is 0.441 e. The first kappa shape index (κ1) is 28.5. The van der Waals surface area contributed by atoms with Crippen LogP contribution in [0.3, 0.4) is 0 Å². The Hall–Kier alpha value is -3.02. The van der Waals surface area contributed by atoms with E-state index in [2.05, 4.69) is 4.98 Å². The van der Waals surface area contributed by atoms with Crippen molar-refractivity contribution in [3.63, 3.8) is 0 Å². The lowest BCUT2D eigenvalue weighted by molar-refractivity contribution is -0.124. The number of amides is 1. The number of pyridine rings is 1. The fourth-order valence-corrected chi connectivity index (χ4v) is 4.46. The maximum absolute atomic E-state index is 13.3. The molecule has 0 saturated heterocycles. The molecule has 1 aromatic carbocycles. The molecule has 4 N–H and O–H groups in total. The molecule has 0 aliphatic rings. The van der Waals surface area contributed by atoms with Gasteiger partial charge in [-0.05, 0) is 69.4 Å². The molecular formula is C26H34FN3O6S. The van der Waals surface area contributed by atoms with Gasteiger partial charge in [-0.3, -0.25) is 9.10 Å². The number of hydrogen-bond donors (Lipinski definition) is 3. The van der Waals surface area contributed by atoms with Crippen molar-refractivity contribution in [1.29, 1.82) is 0 Å². The van der Waals surface area contributed by atoms with E-state index in [1.165, 1.54) is 33.0 Å². The number of rotatable bonds is 11. The molecule has 2 heterocycles. The molecule has 202 valence electrons. The summed E-state index contributed by atoms with van der Waals surface area (Å²) in [5.41, 5.74) is 4.53. The average molecular weight is 536 g/mol. The number of benzene rings is 1. The molecule has 3 aromatic rings. The van der Waals surface area contributed by atoms with E-state index in [9.17, 15) is 27.8 Å². The first-order valence-corrected chi connectivity index (χ1v) is 13.7. The highest BCUT2D eigenvalue weighted by Gasteiger charge is 2.36. The summed E-state index contributed by atoms with van der Waals surface area (Å²) in [5, 5.41) is 21.1. The van der Waals surface area contributed by atoms with Gasteiger partial charge in [0, 0.05) is 13.5 Å². The fourth-order valence-electron chi connectivity index (χ4n) is 3.99. The van der Waals surface area contributed by atoms with Crippen LogP contribution in [0, 0.1) is 5.82 Å². The van der Waals surface area contributed by atoms with Crippen molar-refractivity contribution in [2.45, 2.75) is 64.1 Å². The zero-order chi connectivity index (χ0) is 27.8. The second-order valence-corrected chi connectivity index (χ2v) is 12.2. The van der Waals surface area contributed by atoms with Crippen LogP contribution < -0.4 is 10.0 Å². The number of halogens is 1. The average Bonchev–Trinajstić information content (AvgIpc) is 3.12. The number of sulfonamides is 1. The summed E-state index contributed by atoms with van der Waals surface area (Å²) in [6, 6.07) is 7.39. The van der Waals surface area contributed by atoms with E-state index in [1.807, 2.05) is 0 Å². The first-order chi connectivity index (χ1) is 17.0. The van der Waals surface area contributed by atoms with Crippen molar-refractivity contribution in [2.75, 3.05) is 17.6 Å². The van der Waals surface area contributed by atoms with Gasteiger partial charge < -0.3 is 20.4 Å². The van der Waals surface area contributed by atoms with Crippen LogP contribution in [0.1, 0.15) is 67.3 Å². The van der Waals surface area contributed by atoms with E-state index in [0.29, 0.717) is 42.2 Å². The fraction of sp³-hybridized carbons (Fsp3) is 0.462. The number of unbranched alkanes of at least 4 members (excludes halogenated alkanes) is 1. The van der Waals surface area contributed by atoms with E-state index >= 15 is 0 Å². The van der Waals surface area contributed by atoms with E-state index in [4.69, 9.17) is 10.2 Å². The van der Waals surface area contributed by atoms with Crippen molar-refractivity contribution < 1.29 is 32.2 Å². The molecule has 0 aliphatic carbocycles. The number of nitrogens with two attached hydrogens (primary N) is 1. The number of carbonyl (C=O) groups excluding carboxylic acids is 1. The van der Waals surface area contributed by atoms with Crippen molar-refractivity contribution >= 4 is 32.8 Å². The Labute approximate surface area is 216 Å². The summed E-state index contributed by atoms with van der Waals surface area (Å²) in [7, 11) is -2.29. The van der Waals surface area contributed by atoms with Gasteiger partial charge in [0.25, 0.3) is 5.91 Å². The molecule has 1 unspecified atom stereocenters. The van der Waals surface area contributed by atoms with E-state index < -0.39 is 32.9 Å². The molecular weight excluding hydrogens is 501 g/mol. The number of furan rings is 1. The van der Waals surface area contributed by atoms with Crippen LogP contribution in [0.5, 0.6) is 0 Å². The summed E-state index contributed by atoms with van der Waals surface area (Å²) < 4.78 is 44.9. The van der Waals surface area contributed by atoms with Crippen LogP contribution in [0.25, 0.3) is 11.1 Å². The third kappa shape index (κ3) is 6.46. The van der Waals surface area contributed by atoms with Crippen LogP contribution in [0.4, 0.5) is 10.2 Å². The summed E-state index contributed by atoms with van der Waals surface area (Å²) >= 11 is 0. The van der Waals surface area contributed by atoms with Crippen LogP contribution in [0.2, 0.25) is 0 Å².